The minimum absolute atomic E-state index is 0.00295. The summed E-state index contributed by atoms with van der Waals surface area (Å²) in [5, 5.41) is 12.9. The Bertz CT molecular complexity index is 742. The van der Waals surface area contributed by atoms with Gasteiger partial charge in [-0.15, -0.1) is 0 Å². The zero-order chi connectivity index (χ0) is 18.4. The van der Waals surface area contributed by atoms with E-state index < -0.39 is 0 Å². The number of benzene rings is 2. The number of likely N-dealkylation sites (tertiary alicyclic amines) is 1. The molecule has 0 radical (unpaired) electrons. The van der Waals surface area contributed by atoms with Crippen LogP contribution in [-0.2, 0) is 0 Å². The molecule has 1 unspecified atom stereocenters. The molecule has 26 heavy (non-hydrogen) atoms. The standard InChI is InChI=1S/C21H26N2O3/c1-26-20-12-6-4-9-16(20)18(23-13-7-2-8-14-23)15-22-21(25)17-10-3-5-11-19(17)24/h3-6,9-12,18,24H,2,7-8,13-15H2,1H3,(H,22,25). The van der Waals surface area contributed by atoms with Gasteiger partial charge in [0.05, 0.1) is 18.7 Å². The maximum atomic E-state index is 12.5. The van der Waals surface area contributed by atoms with Gasteiger partial charge in [-0.3, -0.25) is 9.69 Å². The second kappa shape index (κ2) is 8.72. The first-order valence-corrected chi connectivity index (χ1v) is 9.14. The van der Waals surface area contributed by atoms with Gasteiger partial charge in [0, 0.05) is 12.1 Å². The highest BCUT2D eigenvalue weighted by molar-refractivity contribution is 5.96. The highest BCUT2D eigenvalue weighted by Crippen LogP contribution is 2.31. The first-order valence-electron chi connectivity index (χ1n) is 9.14. The Hall–Kier alpha value is -2.53. The Morgan fingerprint density at radius 3 is 2.54 bits per heavy atom. The number of hydrogen-bond acceptors (Lipinski definition) is 4. The number of amides is 1. The lowest BCUT2D eigenvalue weighted by Gasteiger charge is -2.35. The van der Waals surface area contributed by atoms with E-state index in [-0.39, 0.29) is 17.7 Å². The smallest absolute Gasteiger partial charge is 0.255 e. The zero-order valence-electron chi connectivity index (χ0n) is 15.1. The van der Waals surface area contributed by atoms with E-state index in [1.807, 2.05) is 18.2 Å². The average Bonchev–Trinajstić information content (AvgIpc) is 2.69. The fourth-order valence-electron chi connectivity index (χ4n) is 3.56. The van der Waals surface area contributed by atoms with Gasteiger partial charge in [0.25, 0.3) is 5.91 Å². The summed E-state index contributed by atoms with van der Waals surface area (Å²) in [6.45, 7) is 2.48. The van der Waals surface area contributed by atoms with E-state index in [0.29, 0.717) is 12.1 Å². The molecule has 2 N–H and O–H groups in total. The number of carbonyl (C=O) groups is 1. The maximum absolute atomic E-state index is 12.5. The van der Waals surface area contributed by atoms with E-state index >= 15 is 0 Å². The molecule has 2 aromatic rings. The molecule has 0 saturated carbocycles. The molecule has 5 heteroatoms. The number of aromatic hydroxyl groups is 1. The van der Waals surface area contributed by atoms with Crippen molar-refractivity contribution >= 4 is 5.91 Å². The molecule has 1 saturated heterocycles. The molecule has 0 spiro atoms. The molecule has 1 fully saturated rings. The molecule has 1 aliphatic rings. The Kier molecular flexibility index (Phi) is 6.12. The summed E-state index contributed by atoms with van der Waals surface area (Å²) in [6.07, 6.45) is 3.58. The van der Waals surface area contributed by atoms with Gasteiger partial charge in [-0.2, -0.15) is 0 Å². The number of carbonyl (C=O) groups excluding carboxylic acids is 1. The molecule has 0 aromatic heterocycles. The van der Waals surface area contributed by atoms with Crippen molar-refractivity contribution < 1.29 is 14.6 Å². The van der Waals surface area contributed by atoms with Gasteiger partial charge in [-0.05, 0) is 44.1 Å². The predicted octanol–water partition coefficient (Wildman–Crippen LogP) is 3.36. The van der Waals surface area contributed by atoms with Gasteiger partial charge >= 0.3 is 0 Å². The molecule has 0 bridgehead atoms. The van der Waals surface area contributed by atoms with E-state index in [1.54, 1.807) is 25.3 Å². The SMILES string of the molecule is COc1ccccc1C(CNC(=O)c1ccccc1O)N1CCCCC1. The van der Waals surface area contributed by atoms with Crippen molar-refractivity contribution in [2.45, 2.75) is 25.3 Å². The molecule has 5 nitrogen and oxygen atoms in total. The highest BCUT2D eigenvalue weighted by atomic mass is 16.5. The number of hydrogen-bond donors (Lipinski definition) is 2. The van der Waals surface area contributed by atoms with E-state index in [1.165, 1.54) is 25.3 Å². The number of nitrogens with one attached hydrogen (secondary N) is 1. The lowest BCUT2D eigenvalue weighted by molar-refractivity contribution is 0.0920. The zero-order valence-corrected chi connectivity index (χ0v) is 15.1. The highest BCUT2D eigenvalue weighted by Gasteiger charge is 2.25. The molecule has 2 aromatic carbocycles. The lowest BCUT2D eigenvalue weighted by atomic mass is 10.0. The third-order valence-electron chi connectivity index (χ3n) is 4.93. The summed E-state index contributed by atoms with van der Waals surface area (Å²) in [5.41, 5.74) is 1.37. The van der Waals surface area contributed by atoms with Gasteiger partial charge in [-0.1, -0.05) is 36.8 Å². The van der Waals surface area contributed by atoms with Crippen molar-refractivity contribution in [3.63, 3.8) is 0 Å². The Morgan fingerprint density at radius 2 is 1.81 bits per heavy atom. The molecule has 138 valence electrons. The predicted molar refractivity (Wildman–Crippen MR) is 102 cm³/mol. The van der Waals surface area contributed by atoms with Gasteiger partial charge in [0.2, 0.25) is 0 Å². The number of phenols is 1. The largest absolute Gasteiger partial charge is 0.507 e. The molecule has 1 heterocycles. The first kappa shape index (κ1) is 18.3. The Morgan fingerprint density at radius 1 is 1.12 bits per heavy atom. The summed E-state index contributed by atoms with van der Waals surface area (Å²) >= 11 is 0. The number of ether oxygens (including phenoxy) is 1. The number of methoxy groups -OCH3 is 1. The average molecular weight is 354 g/mol. The third-order valence-corrected chi connectivity index (χ3v) is 4.93. The van der Waals surface area contributed by atoms with Crippen LogP contribution in [0.3, 0.4) is 0 Å². The molecule has 1 amide bonds. The summed E-state index contributed by atoms with van der Waals surface area (Å²) < 4.78 is 5.55. The fraction of sp³-hybridized carbons (Fsp3) is 0.381. The van der Waals surface area contributed by atoms with Crippen molar-refractivity contribution in [3.8, 4) is 11.5 Å². The van der Waals surface area contributed by atoms with Crippen LogP contribution in [-0.4, -0.2) is 42.7 Å². The van der Waals surface area contributed by atoms with Crippen LogP contribution < -0.4 is 10.1 Å². The van der Waals surface area contributed by atoms with Gasteiger partial charge < -0.3 is 15.2 Å². The molecule has 1 aliphatic heterocycles. The van der Waals surface area contributed by atoms with Gasteiger partial charge in [0.15, 0.2) is 0 Å². The quantitative estimate of drug-likeness (QED) is 0.835. The van der Waals surface area contributed by atoms with Crippen LogP contribution in [0.15, 0.2) is 48.5 Å². The van der Waals surface area contributed by atoms with E-state index in [0.717, 1.165) is 24.4 Å². The molecular weight excluding hydrogens is 328 g/mol. The van der Waals surface area contributed by atoms with Crippen LogP contribution >= 0.6 is 0 Å². The van der Waals surface area contributed by atoms with Crippen molar-refractivity contribution in [3.05, 3.63) is 59.7 Å². The third kappa shape index (κ3) is 4.17. The maximum Gasteiger partial charge on any atom is 0.255 e. The summed E-state index contributed by atoms with van der Waals surface area (Å²) in [5.74, 6) is 0.566. The molecule has 0 aliphatic carbocycles. The normalized spacial score (nSPS) is 16.0. The second-order valence-corrected chi connectivity index (χ2v) is 6.58. The fourth-order valence-corrected chi connectivity index (χ4v) is 3.56. The van der Waals surface area contributed by atoms with Crippen molar-refractivity contribution in [2.75, 3.05) is 26.7 Å². The molecule has 3 rings (SSSR count). The Balaban J connectivity index is 1.80. The van der Waals surface area contributed by atoms with Crippen LogP contribution in [0.2, 0.25) is 0 Å². The monoisotopic (exact) mass is 354 g/mol. The Labute approximate surface area is 154 Å². The van der Waals surface area contributed by atoms with Crippen LogP contribution in [0, 0.1) is 0 Å². The first-order chi connectivity index (χ1) is 12.7. The number of nitrogens with zero attached hydrogens (tertiary/aromatic N) is 1. The van der Waals surface area contributed by atoms with E-state index in [2.05, 4.69) is 16.3 Å². The number of para-hydroxylation sites is 2. The summed E-state index contributed by atoms with van der Waals surface area (Å²) in [6, 6.07) is 14.6. The van der Waals surface area contributed by atoms with Crippen LogP contribution in [0.4, 0.5) is 0 Å². The topological polar surface area (TPSA) is 61.8 Å². The molecule has 1 atom stereocenters. The number of phenolic OH excluding ortho intramolecular Hbond substituents is 1. The van der Waals surface area contributed by atoms with Crippen molar-refractivity contribution in [1.82, 2.24) is 10.2 Å². The second-order valence-electron chi connectivity index (χ2n) is 6.58. The van der Waals surface area contributed by atoms with Gasteiger partial charge in [-0.25, -0.2) is 0 Å². The van der Waals surface area contributed by atoms with Crippen molar-refractivity contribution in [1.29, 1.82) is 0 Å². The summed E-state index contributed by atoms with van der Waals surface area (Å²) in [4.78, 5) is 14.9. The van der Waals surface area contributed by atoms with Crippen LogP contribution in [0.25, 0.3) is 0 Å². The molecular formula is C21H26N2O3. The van der Waals surface area contributed by atoms with Crippen LogP contribution in [0.5, 0.6) is 11.5 Å². The van der Waals surface area contributed by atoms with Crippen LogP contribution in [0.1, 0.15) is 41.2 Å². The van der Waals surface area contributed by atoms with Gasteiger partial charge in [0.1, 0.15) is 11.5 Å². The van der Waals surface area contributed by atoms with Crippen molar-refractivity contribution in [2.24, 2.45) is 0 Å². The summed E-state index contributed by atoms with van der Waals surface area (Å²) in [7, 11) is 1.67. The van der Waals surface area contributed by atoms with E-state index in [9.17, 15) is 9.90 Å². The number of piperidine rings is 1. The minimum Gasteiger partial charge on any atom is -0.507 e. The van der Waals surface area contributed by atoms with E-state index in [4.69, 9.17) is 4.74 Å². The minimum atomic E-state index is -0.264. The lowest BCUT2D eigenvalue weighted by Crippen LogP contribution is -2.40. The number of rotatable bonds is 6.